The molecule has 0 aliphatic carbocycles. The average Bonchev–Trinajstić information content (AvgIpc) is 2.25. The second kappa shape index (κ2) is 5.37. The van der Waals surface area contributed by atoms with Crippen LogP contribution in [0.4, 0.5) is 8.78 Å². The van der Waals surface area contributed by atoms with Crippen LogP contribution in [0, 0.1) is 5.41 Å². The Balaban J connectivity index is 2.72. The molecule has 1 saturated heterocycles. The normalized spacial score (nSPS) is 30.6. The molecule has 1 aliphatic rings. The minimum Gasteiger partial charge on any atom is -0.365 e. The first kappa shape index (κ1) is 14.5. The van der Waals surface area contributed by atoms with Crippen LogP contribution in [0.2, 0.25) is 0 Å². The van der Waals surface area contributed by atoms with Gasteiger partial charge in [0.25, 0.3) is 6.43 Å². The van der Waals surface area contributed by atoms with Crippen LogP contribution in [-0.4, -0.2) is 44.2 Å². The summed E-state index contributed by atoms with van der Waals surface area (Å²) >= 11 is 0. The van der Waals surface area contributed by atoms with Crippen molar-refractivity contribution in [3.05, 3.63) is 0 Å². The van der Waals surface area contributed by atoms with E-state index in [0.717, 1.165) is 0 Å². The summed E-state index contributed by atoms with van der Waals surface area (Å²) in [7, 11) is 1.36. The zero-order valence-electron chi connectivity index (χ0n) is 10.6. The van der Waals surface area contributed by atoms with Gasteiger partial charge in [-0.1, -0.05) is 20.8 Å². The number of ether oxygens (including phenoxy) is 1. The Hall–Kier alpha value is -0.590. The number of hydrogen-bond donors (Lipinski definition) is 2. The summed E-state index contributed by atoms with van der Waals surface area (Å²) < 4.78 is 30.5. The van der Waals surface area contributed by atoms with Crippen LogP contribution in [0.5, 0.6) is 0 Å². The molecule has 0 aromatic heterocycles. The summed E-state index contributed by atoms with van der Waals surface area (Å²) in [6, 6.07) is -1.76. The van der Waals surface area contributed by atoms with Crippen molar-refractivity contribution in [2.75, 3.05) is 13.7 Å². The van der Waals surface area contributed by atoms with Crippen molar-refractivity contribution in [3.63, 3.8) is 0 Å². The van der Waals surface area contributed by atoms with Crippen LogP contribution >= 0.6 is 0 Å². The van der Waals surface area contributed by atoms with E-state index in [0.29, 0.717) is 6.54 Å². The molecule has 3 atom stereocenters. The number of hydrogen-bond acceptors (Lipinski definition) is 4. The van der Waals surface area contributed by atoms with Crippen LogP contribution in [0.25, 0.3) is 0 Å². The van der Waals surface area contributed by atoms with Crippen LogP contribution < -0.4 is 10.6 Å². The third-order valence-corrected chi connectivity index (χ3v) is 2.82. The van der Waals surface area contributed by atoms with Gasteiger partial charge in [0.2, 0.25) is 0 Å². The maximum absolute atomic E-state index is 12.8. The SMILES string of the molecule is COC1NCC(C(=O)C(C)(C)C)NC1C(F)F. The summed E-state index contributed by atoms with van der Waals surface area (Å²) in [6.45, 7) is 5.63. The zero-order valence-corrected chi connectivity index (χ0v) is 10.6. The highest BCUT2D eigenvalue weighted by Gasteiger charge is 2.40. The van der Waals surface area contributed by atoms with Crippen molar-refractivity contribution in [1.82, 2.24) is 10.6 Å². The molecule has 3 unspecified atom stereocenters. The Morgan fingerprint density at radius 3 is 2.41 bits per heavy atom. The van der Waals surface area contributed by atoms with E-state index in [1.165, 1.54) is 7.11 Å². The lowest BCUT2D eigenvalue weighted by Gasteiger charge is -2.38. The number of carbonyl (C=O) groups is 1. The quantitative estimate of drug-likeness (QED) is 0.777. The number of ketones is 1. The maximum atomic E-state index is 12.8. The Bertz CT molecular complexity index is 279. The minimum absolute atomic E-state index is 0.0785. The molecule has 6 heteroatoms. The highest BCUT2D eigenvalue weighted by atomic mass is 19.3. The first-order valence-electron chi connectivity index (χ1n) is 5.62. The maximum Gasteiger partial charge on any atom is 0.257 e. The van der Waals surface area contributed by atoms with E-state index in [-0.39, 0.29) is 5.78 Å². The Kier molecular flexibility index (Phi) is 4.57. The van der Waals surface area contributed by atoms with E-state index in [2.05, 4.69) is 10.6 Å². The molecule has 0 aromatic carbocycles. The minimum atomic E-state index is -2.58. The lowest BCUT2D eigenvalue weighted by Crippen LogP contribution is -2.66. The third-order valence-electron chi connectivity index (χ3n) is 2.82. The lowest BCUT2D eigenvalue weighted by atomic mass is 9.85. The molecular formula is C11H20F2N2O2. The number of halogens is 2. The van der Waals surface area contributed by atoms with Crippen molar-refractivity contribution in [2.45, 2.75) is 45.5 Å². The largest absolute Gasteiger partial charge is 0.365 e. The highest BCUT2D eigenvalue weighted by molar-refractivity contribution is 5.89. The summed E-state index contributed by atoms with van der Waals surface area (Å²) in [5, 5.41) is 5.49. The number of rotatable bonds is 3. The molecule has 0 bridgehead atoms. The number of alkyl halides is 2. The molecule has 100 valence electrons. The molecule has 0 aromatic rings. The van der Waals surface area contributed by atoms with E-state index in [4.69, 9.17) is 4.74 Å². The van der Waals surface area contributed by atoms with Gasteiger partial charge in [0, 0.05) is 19.1 Å². The van der Waals surface area contributed by atoms with E-state index in [1.54, 1.807) is 20.8 Å². The first-order valence-corrected chi connectivity index (χ1v) is 5.62. The number of methoxy groups -OCH3 is 1. The van der Waals surface area contributed by atoms with Gasteiger partial charge in [0.15, 0.2) is 5.78 Å². The van der Waals surface area contributed by atoms with Crippen molar-refractivity contribution in [2.24, 2.45) is 5.41 Å². The van der Waals surface area contributed by atoms with E-state index < -0.39 is 30.2 Å². The predicted octanol–water partition coefficient (Wildman–Crippen LogP) is 0.769. The summed E-state index contributed by atoms with van der Waals surface area (Å²) in [4.78, 5) is 12.0. The van der Waals surface area contributed by atoms with Gasteiger partial charge in [0.1, 0.15) is 12.3 Å². The molecule has 1 fully saturated rings. The van der Waals surface area contributed by atoms with Gasteiger partial charge in [-0.15, -0.1) is 0 Å². The van der Waals surface area contributed by atoms with E-state index >= 15 is 0 Å². The van der Waals surface area contributed by atoms with Gasteiger partial charge in [-0.25, -0.2) is 8.78 Å². The summed E-state index contributed by atoms with van der Waals surface area (Å²) in [6.07, 6.45) is -3.35. The second-order valence-corrected chi connectivity index (χ2v) is 5.26. The molecule has 0 radical (unpaired) electrons. The molecular weight excluding hydrogens is 230 g/mol. The average molecular weight is 250 g/mol. The van der Waals surface area contributed by atoms with Crippen molar-refractivity contribution in [3.8, 4) is 0 Å². The second-order valence-electron chi connectivity index (χ2n) is 5.26. The fraction of sp³-hybridized carbons (Fsp3) is 0.909. The smallest absolute Gasteiger partial charge is 0.257 e. The van der Waals surface area contributed by atoms with Crippen molar-refractivity contribution < 1.29 is 18.3 Å². The van der Waals surface area contributed by atoms with Gasteiger partial charge >= 0.3 is 0 Å². The van der Waals surface area contributed by atoms with Gasteiger partial charge in [-0.05, 0) is 0 Å². The lowest BCUT2D eigenvalue weighted by molar-refractivity contribution is -0.131. The molecule has 4 nitrogen and oxygen atoms in total. The topological polar surface area (TPSA) is 50.4 Å². The highest BCUT2D eigenvalue weighted by Crippen LogP contribution is 2.20. The zero-order chi connectivity index (χ0) is 13.2. The van der Waals surface area contributed by atoms with Crippen molar-refractivity contribution >= 4 is 5.78 Å². The summed E-state index contributed by atoms with van der Waals surface area (Å²) in [5.41, 5.74) is -0.550. The first-order chi connectivity index (χ1) is 7.77. The van der Waals surface area contributed by atoms with E-state index in [1.807, 2.05) is 0 Å². The molecule has 1 aliphatic heterocycles. The Morgan fingerprint density at radius 2 is 2.00 bits per heavy atom. The molecule has 1 rings (SSSR count). The number of Topliss-reactive ketones (excluding diaryl/α,β-unsaturated/α-hetero) is 1. The molecule has 1 heterocycles. The number of piperazine rings is 1. The third kappa shape index (κ3) is 3.43. The van der Waals surface area contributed by atoms with Gasteiger partial charge in [0.05, 0.1) is 6.04 Å². The van der Waals surface area contributed by atoms with Crippen LogP contribution in [0.15, 0.2) is 0 Å². The van der Waals surface area contributed by atoms with Gasteiger partial charge < -0.3 is 4.74 Å². The van der Waals surface area contributed by atoms with E-state index in [9.17, 15) is 13.6 Å². The Morgan fingerprint density at radius 1 is 1.41 bits per heavy atom. The van der Waals surface area contributed by atoms with Gasteiger partial charge in [-0.3, -0.25) is 15.4 Å². The molecule has 17 heavy (non-hydrogen) atoms. The molecule has 2 N–H and O–H groups in total. The van der Waals surface area contributed by atoms with Crippen molar-refractivity contribution in [1.29, 1.82) is 0 Å². The summed E-state index contributed by atoms with van der Waals surface area (Å²) in [5.74, 6) is -0.0785. The standard InChI is InChI=1S/C11H20F2N2O2/c1-11(2,3)8(16)6-5-14-10(17-4)7(15-6)9(12)13/h6-7,9-10,14-15H,5H2,1-4H3. The number of carbonyl (C=O) groups excluding carboxylic acids is 1. The fourth-order valence-electron chi connectivity index (χ4n) is 1.87. The van der Waals surface area contributed by atoms with Crippen LogP contribution in [0.3, 0.4) is 0 Å². The molecule has 0 saturated carbocycles. The van der Waals surface area contributed by atoms with Gasteiger partial charge in [-0.2, -0.15) is 0 Å². The van der Waals surface area contributed by atoms with Crippen LogP contribution in [0.1, 0.15) is 20.8 Å². The molecule has 0 amide bonds. The fourth-order valence-corrected chi connectivity index (χ4v) is 1.87. The number of nitrogens with one attached hydrogen (secondary N) is 2. The monoisotopic (exact) mass is 250 g/mol. The molecule has 0 spiro atoms. The van der Waals surface area contributed by atoms with Crippen LogP contribution in [-0.2, 0) is 9.53 Å². The Labute approximate surface area is 100 Å². The predicted molar refractivity (Wildman–Crippen MR) is 60.0 cm³/mol.